The average molecular weight is 333 g/mol. The van der Waals surface area contributed by atoms with Gasteiger partial charge in [0.05, 0.1) is 13.0 Å². The molecule has 0 aliphatic carbocycles. The minimum absolute atomic E-state index is 0.0222. The summed E-state index contributed by atoms with van der Waals surface area (Å²) in [6.45, 7) is 0.251. The SMILES string of the molecule is COC(=O)c1ccc(S(=O)(=O)N2CCCC(C(=O)O)C2)s1. The Morgan fingerprint density at radius 3 is 2.76 bits per heavy atom. The van der Waals surface area contributed by atoms with Crippen molar-refractivity contribution >= 4 is 33.3 Å². The molecule has 1 atom stereocenters. The second-order valence-electron chi connectivity index (χ2n) is 4.65. The second-order valence-corrected chi connectivity index (χ2v) is 7.90. The van der Waals surface area contributed by atoms with Gasteiger partial charge in [-0.05, 0) is 25.0 Å². The first-order valence-corrected chi connectivity index (χ1v) is 8.53. The molecule has 1 unspecified atom stereocenters. The van der Waals surface area contributed by atoms with Gasteiger partial charge in [-0.25, -0.2) is 13.2 Å². The Balaban J connectivity index is 2.23. The van der Waals surface area contributed by atoms with E-state index in [2.05, 4.69) is 4.74 Å². The van der Waals surface area contributed by atoms with Crippen LogP contribution in [0, 0.1) is 5.92 Å². The predicted octanol–water partition coefficient (Wildman–Crippen LogP) is 1.02. The third kappa shape index (κ3) is 3.25. The standard InChI is InChI=1S/C12H15NO6S2/c1-19-12(16)9-4-5-10(20-9)21(17,18)13-6-2-3-8(7-13)11(14)15/h4-5,8H,2-3,6-7H2,1H3,(H,14,15). The molecule has 0 bridgehead atoms. The summed E-state index contributed by atoms with van der Waals surface area (Å²) in [5.74, 6) is -2.27. The fourth-order valence-electron chi connectivity index (χ4n) is 2.16. The predicted molar refractivity (Wildman–Crippen MR) is 74.8 cm³/mol. The summed E-state index contributed by atoms with van der Waals surface area (Å²) in [4.78, 5) is 22.6. The van der Waals surface area contributed by atoms with Gasteiger partial charge in [0.2, 0.25) is 0 Å². The van der Waals surface area contributed by atoms with E-state index in [1.165, 1.54) is 23.5 Å². The molecular weight excluding hydrogens is 318 g/mol. The first-order chi connectivity index (χ1) is 9.86. The minimum Gasteiger partial charge on any atom is -0.481 e. The molecule has 1 N–H and O–H groups in total. The summed E-state index contributed by atoms with van der Waals surface area (Å²) >= 11 is 0.824. The van der Waals surface area contributed by atoms with Gasteiger partial charge in [0.15, 0.2) is 0 Å². The van der Waals surface area contributed by atoms with Crippen molar-refractivity contribution in [3.05, 3.63) is 17.0 Å². The molecule has 0 radical (unpaired) electrons. The highest BCUT2D eigenvalue weighted by Gasteiger charge is 2.34. The number of ether oxygens (including phenoxy) is 1. The summed E-state index contributed by atoms with van der Waals surface area (Å²) in [5.41, 5.74) is 0. The summed E-state index contributed by atoms with van der Waals surface area (Å²) < 4.78 is 30.7. The largest absolute Gasteiger partial charge is 0.481 e. The van der Waals surface area contributed by atoms with E-state index in [0.29, 0.717) is 12.8 Å². The Hall–Kier alpha value is -1.45. The number of carboxylic acids is 1. The average Bonchev–Trinajstić information content (AvgIpc) is 2.97. The third-order valence-corrected chi connectivity index (χ3v) is 6.69. The lowest BCUT2D eigenvalue weighted by Gasteiger charge is -2.29. The highest BCUT2D eigenvalue weighted by molar-refractivity contribution is 7.91. The lowest BCUT2D eigenvalue weighted by Crippen LogP contribution is -2.42. The number of methoxy groups -OCH3 is 1. The number of aliphatic carboxylic acids is 1. The van der Waals surface area contributed by atoms with Gasteiger partial charge in [0.1, 0.15) is 9.09 Å². The van der Waals surface area contributed by atoms with Gasteiger partial charge in [-0.15, -0.1) is 11.3 Å². The molecule has 7 nitrogen and oxygen atoms in total. The van der Waals surface area contributed by atoms with Crippen LogP contribution < -0.4 is 0 Å². The Morgan fingerprint density at radius 1 is 1.43 bits per heavy atom. The van der Waals surface area contributed by atoms with Gasteiger partial charge in [-0.3, -0.25) is 4.79 Å². The van der Waals surface area contributed by atoms with Crippen LogP contribution in [-0.4, -0.2) is 50.0 Å². The molecule has 2 heterocycles. The zero-order chi connectivity index (χ0) is 15.6. The Morgan fingerprint density at radius 2 is 2.14 bits per heavy atom. The van der Waals surface area contributed by atoms with Gasteiger partial charge in [0, 0.05) is 13.1 Å². The lowest BCUT2D eigenvalue weighted by atomic mass is 10.0. The topological polar surface area (TPSA) is 101 Å². The van der Waals surface area contributed by atoms with Crippen LogP contribution >= 0.6 is 11.3 Å². The van der Waals surface area contributed by atoms with Crippen molar-refractivity contribution in [2.45, 2.75) is 17.1 Å². The number of nitrogens with zero attached hydrogens (tertiary/aromatic N) is 1. The highest BCUT2D eigenvalue weighted by Crippen LogP contribution is 2.28. The summed E-state index contributed by atoms with van der Waals surface area (Å²) in [6.07, 6.45) is 0.977. The fourth-order valence-corrected chi connectivity index (χ4v) is 5.06. The van der Waals surface area contributed by atoms with E-state index in [9.17, 15) is 18.0 Å². The van der Waals surface area contributed by atoms with Gasteiger partial charge >= 0.3 is 11.9 Å². The van der Waals surface area contributed by atoms with E-state index < -0.39 is 27.9 Å². The van der Waals surface area contributed by atoms with Crippen molar-refractivity contribution in [1.82, 2.24) is 4.31 Å². The number of carboxylic acid groups (broad SMARTS) is 1. The number of hydrogen-bond acceptors (Lipinski definition) is 6. The first-order valence-electron chi connectivity index (χ1n) is 6.27. The Labute approximate surface area is 126 Å². The van der Waals surface area contributed by atoms with Crippen LogP contribution in [0.3, 0.4) is 0 Å². The van der Waals surface area contributed by atoms with Gasteiger partial charge in [0.25, 0.3) is 10.0 Å². The molecule has 1 fully saturated rings. The molecular formula is C12H15NO6S2. The molecule has 1 aliphatic heterocycles. The van der Waals surface area contributed by atoms with Gasteiger partial charge in [-0.2, -0.15) is 4.31 Å². The number of thiophene rings is 1. The van der Waals surface area contributed by atoms with E-state index >= 15 is 0 Å². The summed E-state index contributed by atoms with van der Waals surface area (Å²) in [6, 6.07) is 2.73. The van der Waals surface area contributed by atoms with E-state index in [-0.39, 0.29) is 22.2 Å². The van der Waals surface area contributed by atoms with Crippen LogP contribution in [-0.2, 0) is 19.6 Å². The maximum atomic E-state index is 12.5. The van der Waals surface area contributed by atoms with E-state index in [1.54, 1.807) is 0 Å². The number of carbonyl (C=O) groups excluding carboxylic acids is 1. The maximum Gasteiger partial charge on any atom is 0.348 e. The third-order valence-electron chi connectivity index (χ3n) is 3.30. The highest BCUT2D eigenvalue weighted by atomic mass is 32.2. The Bertz CT molecular complexity index is 650. The van der Waals surface area contributed by atoms with Crippen LogP contribution in [0.2, 0.25) is 0 Å². The number of piperidine rings is 1. The molecule has 0 saturated carbocycles. The molecule has 0 aromatic carbocycles. The summed E-state index contributed by atoms with van der Waals surface area (Å²) in [5, 5.41) is 9.02. The van der Waals surface area contributed by atoms with Crippen LogP contribution in [0.25, 0.3) is 0 Å². The number of hydrogen-bond donors (Lipinski definition) is 1. The summed E-state index contributed by atoms with van der Waals surface area (Å²) in [7, 11) is -2.55. The van der Waals surface area contributed by atoms with Crippen molar-refractivity contribution < 1.29 is 27.9 Å². The molecule has 1 saturated heterocycles. The van der Waals surface area contributed by atoms with Crippen molar-refractivity contribution in [3.63, 3.8) is 0 Å². The van der Waals surface area contributed by atoms with Crippen LogP contribution in [0.1, 0.15) is 22.5 Å². The molecule has 116 valence electrons. The smallest absolute Gasteiger partial charge is 0.348 e. The molecule has 21 heavy (non-hydrogen) atoms. The number of esters is 1. The number of carbonyl (C=O) groups is 2. The molecule has 0 spiro atoms. The first kappa shape index (κ1) is 15.9. The van der Waals surface area contributed by atoms with E-state index in [1.807, 2.05) is 0 Å². The molecule has 0 amide bonds. The van der Waals surface area contributed by atoms with Gasteiger partial charge < -0.3 is 9.84 Å². The van der Waals surface area contributed by atoms with Crippen LogP contribution in [0.15, 0.2) is 16.3 Å². The number of sulfonamides is 1. The zero-order valence-electron chi connectivity index (χ0n) is 11.3. The quantitative estimate of drug-likeness (QED) is 0.826. The van der Waals surface area contributed by atoms with Crippen molar-refractivity contribution in [1.29, 1.82) is 0 Å². The fraction of sp³-hybridized carbons (Fsp3) is 0.500. The normalized spacial score (nSPS) is 20.1. The van der Waals surface area contributed by atoms with Crippen molar-refractivity contribution in [2.24, 2.45) is 5.92 Å². The van der Waals surface area contributed by atoms with Crippen molar-refractivity contribution in [3.8, 4) is 0 Å². The lowest BCUT2D eigenvalue weighted by molar-refractivity contribution is -0.142. The Kier molecular flexibility index (Phi) is 4.64. The van der Waals surface area contributed by atoms with Crippen LogP contribution in [0.4, 0.5) is 0 Å². The number of rotatable bonds is 4. The molecule has 2 rings (SSSR count). The van der Waals surface area contributed by atoms with E-state index in [4.69, 9.17) is 5.11 Å². The van der Waals surface area contributed by atoms with Crippen LogP contribution in [0.5, 0.6) is 0 Å². The van der Waals surface area contributed by atoms with E-state index in [0.717, 1.165) is 11.3 Å². The molecule has 1 aromatic heterocycles. The molecule has 1 aliphatic rings. The molecule has 1 aromatic rings. The minimum atomic E-state index is -3.77. The van der Waals surface area contributed by atoms with Crippen molar-refractivity contribution in [2.75, 3.05) is 20.2 Å². The maximum absolute atomic E-state index is 12.5. The molecule has 9 heteroatoms. The van der Waals surface area contributed by atoms with Gasteiger partial charge in [-0.1, -0.05) is 0 Å². The second kappa shape index (κ2) is 6.12. The zero-order valence-corrected chi connectivity index (χ0v) is 12.9. The monoisotopic (exact) mass is 333 g/mol.